The molecule has 0 unspecified atom stereocenters. The number of aromatic nitrogens is 1. The quantitative estimate of drug-likeness (QED) is 0.766. The van der Waals surface area contributed by atoms with Crippen molar-refractivity contribution >= 4 is 17.7 Å². The highest BCUT2D eigenvalue weighted by molar-refractivity contribution is 6.03. The van der Waals surface area contributed by atoms with E-state index in [2.05, 4.69) is 10.5 Å². The summed E-state index contributed by atoms with van der Waals surface area (Å²) in [6.07, 6.45) is 1.63. The summed E-state index contributed by atoms with van der Waals surface area (Å²) in [5.41, 5.74) is 10.3. The average Bonchev–Trinajstić information content (AvgIpc) is 3.06. The van der Waals surface area contributed by atoms with E-state index < -0.39 is 0 Å². The van der Waals surface area contributed by atoms with Crippen LogP contribution >= 0.6 is 0 Å². The zero-order valence-electron chi connectivity index (χ0n) is 14.1. The Morgan fingerprint density at radius 3 is 2.44 bits per heavy atom. The summed E-state index contributed by atoms with van der Waals surface area (Å²) >= 11 is 0. The first kappa shape index (κ1) is 16.5. The molecule has 0 radical (unpaired) electrons. The molecular weight excluding hydrogens is 314 g/mol. The molecule has 0 aliphatic carbocycles. The fraction of sp³-hybridized carbons (Fsp3) is 0.100. The highest BCUT2D eigenvalue weighted by atomic mass is 16.5. The number of rotatable bonds is 4. The van der Waals surface area contributed by atoms with Crippen LogP contribution in [-0.4, -0.2) is 18.1 Å². The Bertz CT molecular complexity index is 910. The Morgan fingerprint density at radius 2 is 1.80 bits per heavy atom. The van der Waals surface area contributed by atoms with Crippen LogP contribution in [-0.2, 0) is 0 Å². The molecule has 2 aromatic carbocycles. The molecule has 0 spiro atoms. The van der Waals surface area contributed by atoms with Crippen molar-refractivity contribution in [1.82, 2.24) is 10.5 Å². The van der Waals surface area contributed by atoms with Crippen molar-refractivity contribution in [2.75, 3.05) is 7.05 Å². The van der Waals surface area contributed by atoms with Gasteiger partial charge in [0, 0.05) is 24.4 Å². The molecule has 0 saturated carbocycles. The van der Waals surface area contributed by atoms with Gasteiger partial charge in [0.25, 0.3) is 5.91 Å². The van der Waals surface area contributed by atoms with Crippen molar-refractivity contribution in [3.05, 3.63) is 77.0 Å². The van der Waals surface area contributed by atoms with Crippen LogP contribution in [0.4, 0.5) is 0 Å². The van der Waals surface area contributed by atoms with Gasteiger partial charge < -0.3 is 15.6 Å². The maximum atomic E-state index is 12.4. The lowest BCUT2D eigenvalue weighted by atomic mass is 10.0. The minimum Gasteiger partial charge on any atom is -0.398 e. The van der Waals surface area contributed by atoms with E-state index in [1.807, 2.05) is 61.5 Å². The maximum absolute atomic E-state index is 12.4. The largest absolute Gasteiger partial charge is 0.398 e. The van der Waals surface area contributed by atoms with E-state index in [0.717, 1.165) is 16.7 Å². The van der Waals surface area contributed by atoms with Crippen LogP contribution in [0.25, 0.3) is 23.0 Å². The number of carbonyl (C=O) groups excluding carboxylic acids is 1. The van der Waals surface area contributed by atoms with Crippen LogP contribution in [0.1, 0.15) is 27.2 Å². The Labute approximate surface area is 146 Å². The molecule has 0 saturated heterocycles. The molecule has 0 atom stereocenters. The van der Waals surface area contributed by atoms with Crippen LogP contribution in [0.15, 0.2) is 59.1 Å². The summed E-state index contributed by atoms with van der Waals surface area (Å²) in [5.74, 6) is 0.0558. The molecule has 1 aromatic heterocycles. The van der Waals surface area contributed by atoms with E-state index in [0.29, 0.717) is 22.7 Å². The zero-order chi connectivity index (χ0) is 17.8. The highest BCUT2D eigenvalue weighted by Crippen LogP contribution is 2.28. The maximum Gasteiger partial charge on any atom is 0.257 e. The minimum absolute atomic E-state index is 0.274. The SMILES string of the molecule is CNC(=O)c1c(-c2ccc(C)cc2)noc1C=C(N)c1ccccc1. The number of hydrogen-bond donors (Lipinski definition) is 2. The van der Waals surface area contributed by atoms with Crippen molar-refractivity contribution in [3.8, 4) is 11.3 Å². The molecule has 1 amide bonds. The molecule has 3 aromatic rings. The van der Waals surface area contributed by atoms with Crippen LogP contribution < -0.4 is 11.1 Å². The van der Waals surface area contributed by atoms with Gasteiger partial charge in [-0.25, -0.2) is 0 Å². The third-order valence-electron chi connectivity index (χ3n) is 3.89. The van der Waals surface area contributed by atoms with E-state index in [1.54, 1.807) is 13.1 Å². The van der Waals surface area contributed by atoms with Gasteiger partial charge >= 0.3 is 0 Å². The van der Waals surface area contributed by atoms with E-state index in [9.17, 15) is 4.79 Å². The number of nitrogens with one attached hydrogen (secondary N) is 1. The standard InChI is InChI=1S/C20H19N3O2/c1-13-8-10-15(11-9-13)19-18(20(24)22-2)17(25-23-19)12-16(21)14-6-4-3-5-7-14/h3-12H,21H2,1-2H3,(H,22,24). The van der Waals surface area contributed by atoms with Gasteiger partial charge in [0.15, 0.2) is 5.76 Å². The molecular formula is C20H19N3O2. The Hall–Kier alpha value is -3.34. The van der Waals surface area contributed by atoms with Gasteiger partial charge in [-0.05, 0) is 12.5 Å². The predicted molar refractivity (Wildman–Crippen MR) is 98.6 cm³/mol. The first-order chi connectivity index (χ1) is 12.1. The lowest BCUT2D eigenvalue weighted by Gasteiger charge is -2.03. The third-order valence-corrected chi connectivity index (χ3v) is 3.89. The number of amides is 1. The molecule has 0 aliphatic heterocycles. The van der Waals surface area contributed by atoms with E-state index in [4.69, 9.17) is 10.3 Å². The van der Waals surface area contributed by atoms with Gasteiger partial charge in [0.2, 0.25) is 0 Å². The predicted octanol–water partition coefficient (Wildman–Crippen LogP) is 3.47. The number of hydrogen-bond acceptors (Lipinski definition) is 4. The van der Waals surface area contributed by atoms with E-state index in [1.165, 1.54) is 0 Å². The second kappa shape index (κ2) is 7.05. The van der Waals surface area contributed by atoms with Gasteiger partial charge in [0.05, 0.1) is 0 Å². The second-order valence-corrected chi connectivity index (χ2v) is 5.68. The van der Waals surface area contributed by atoms with Crippen molar-refractivity contribution in [2.24, 2.45) is 5.73 Å². The van der Waals surface area contributed by atoms with Gasteiger partial charge in [-0.1, -0.05) is 65.3 Å². The fourth-order valence-electron chi connectivity index (χ4n) is 2.51. The molecule has 1 heterocycles. The Kier molecular flexibility index (Phi) is 4.66. The zero-order valence-corrected chi connectivity index (χ0v) is 14.1. The molecule has 0 bridgehead atoms. The van der Waals surface area contributed by atoms with Crippen molar-refractivity contribution in [1.29, 1.82) is 0 Å². The summed E-state index contributed by atoms with van der Waals surface area (Å²) in [6.45, 7) is 2.00. The number of nitrogens with zero attached hydrogens (tertiary/aromatic N) is 1. The topological polar surface area (TPSA) is 81.2 Å². The lowest BCUT2D eigenvalue weighted by molar-refractivity contribution is 0.0963. The van der Waals surface area contributed by atoms with E-state index >= 15 is 0 Å². The molecule has 3 N–H and O–H groups in total. The van der Waals surface area contributed by atoms with Crippen LogP contribution in [0.5, 0.6) is 0 Å². The van der Waals surface area contributed by atoms with Crippen molar-refractivity contribution in [2.45, 2.75) is 6.92 Å². The first-order valence-electron chi connectivity index (χ1n) is 7.91. The number of nitrogens with two attached hydrogens (primary N) is 1. The van der Waals surface area contributed by atoms with Crippen LogP contribution in [0.2, 0.25) is 0 Å². The third kappa shape index (κ3) is 3.45. The fourth-order valence-corrected chi connectivity index (χ4v) is 2.51. The number of carbonyl (C=O) groups is 1. The van der Waals surface area contributed by atoms with Gasteiger partial charge in [-0.3, -0.25) is 4.79 Å². The van der Waals surface area contributed by atoms with Gasteiger partial charge in [-0.2, -0.15) is 0 Å². The summed E-state index contributed by atoms with van der Waals surface area (Å²) in [5, 5.41) is 6.73. The molecule has 0 aliphatic rings. The monoisotopic (exact) mass is 333 g/mol. The summed E-state index contributed by atoms with van der Waals surface area (Å²) in [6, 6.07) is 17.2. The highest BCUT2D eigenvalue weighted by Gasteiger charge is 2.22. The van der Waals surface area contributed by atoms with Gasteiger partial charge in [0.1, 0.15) is 11.3 Å². The Morgan fingerprint density at radius 1 is 1.12 bits per heavy atom. The normalized spacial score (nSPS) is 11.4. The summed E-state index contributed by atoms with van der Waals surface area (Å²) < 4.78 is 5.43. The van der Waals surface area contributed by atoms with Crippen molar-refractivity contribution < 1.29 is 9.32 Å². The second-order valence-electron chi connectivity index (χ2n) is 5.68. The van der Waals surface area contributed by atoms with Crippen LogP contribution in [0, 0.1) is 6.92 Å². The Balaban J connectivity index is 2.09. The van der Waals surface area contributed by atoms with E-state index in [-0.39, 0.29) is 5.91 Å². The smallest absolute Gasteiger partial charge is 0.257 e. The van der Waals surface area contributed by atoms with Crippen molar-refractivity contribution in [3.63, 3.8) is 0 Å². The molecule has 126 valence electrons. The van der Waals surface area contributed by atoms with Gasteiger partial charge in [-0.15, -0.1) is 0 Å². The first-order valence-corrected chi connectivity index (χ1v) is 7.91. The molecule has 5 nitrogen and oxygen atoms in total. The number of aryl methyl sites for hydroxylation is 1. The summed E-state index contributed by atoms with van der Waals surface area (Å²) in [7, 11) is 1.57. The number of benzene rings is 2. The molecule has 3 rings (SSSR count). The molecule has 25 heavy (non-hydrogen) atoms. The molecule has 0 fully saturated rings. The lowest BCUT2D eigenvalue weighted by Crippen LogP contribution is -2.19. The van der Waals surface area contributed by atoms with Crippen LogP contribution in [0.3, 0.4) is 0 Å². The molecule has 5 heteroatoms. The average molecular weight is 333 g/mol. The summed E-state index contributed by atoms with van der Waals surface area (Å²) in [4.78, 5) is 12.4. The minimum atomic E-state index is -0.274.